The second kappa shape index (κ2) is 4.86. The van der Waals surface area contributed by atoms with Crippen LogP contribution in [0.3, 0.4) is 0 Å². The van der Waals surface area contributed by atoms with Gasteiger partial charge in [-0.15, -0.1) is 11.3 Å². The Morgan fingerprint density at radius 1 is 1.46 bits per heavy atom. The first kappa shape index (κ1) is 9.34. The van der Waals surface area contributed by atoms with Crippen LogP contribution < -0.4 is 5.32 Å². The van der Waals surface area contributed by atoms with Crippen molar-refractivity contribution in [1.29, 1.82) is 0 Å². The second-order valence-corrected chi connectivity index (χ2v) is 5.39. The molecule has 0 aliphatic carbocycles. The molecule has 0 saturated carbocycles. The van der Waals surface area contributed by atoms with Crippen LogP contribution in [-0.2, 0) is 0 Å². The summed E-state index contributed by atoms with van der Waals surface area (Å²) in [6, 6.07) is 0. The largest absolute Gasteiger partial charge is 0.361 e. The first-order chi connectivity index (χ1) is 6.45. The minimum atomic E-state index is 0.866. The molecule has 0 spiro atoms. The first-order valence-corrected chi connectivity index (χ1v) is 6.69. The van der Waals surface area contributed by atoms with Gasteiger partial charge in [-0.05, 0) is 30.3 Å². The van der Waals surface area contributed by atoms with Gasteiger partial charge in [0.2, 0.25) is 0 Å². The maximum Gasteiger partial charge on any atom is 0.182 e. The monoisotopic (exact) mass is 214 g/mol. The molecule has 1 fully saturated rings. The molecule has 4 heteroatoms. The molecule has 0 radical (unpaired) electrons. The van der Waals surface area contributed by atoms with Gasteiger partial charge < -0.3 is 5.32 Å². The summed E-state index contributed by atoms with van der Waals surface area (Å²) in [6.07, 6.45) is 4.58. The van der Waals surface area contributed by atoms with Crippen molar-refractivity contribution in [3.8, 4) is 0 Å². The third-order valence-electron chi connectivity index (χ3n) is 2.32. The molecular weight excluding hydrogens is 200 g/mol. The molecule has 0 amide bonds. The lowest BCUT2D eigenvalue weighted by molar-refractivity contribution is 0.516. The number of rotatable bonds is 3. The molecule has 1 aliphatic heterocycles. The maximum atomic E-state index is 4.20. The Labute approximate surface area is 87.1 Å². The van der Waals surface area contributed by atoms with Gasteiger partial charge in [-0.25, -0.2) is 4.98 Å². The van der Waals surface area contributed by atoms with Gasteiger partial charge in [0.15, 0.2) is 5.13 Å². The summed E-state index contributed by atoms with van der Waals surface area (Å²) in [6.45, 7) is 1.11. The van der Waals surface area contributed by atoms with Crippen LogP contribution in [0.1, 0.15) is 12.8 Å². The van der Waals surface area contributed by atoms with Gasteiger partial charge in [0.1, 0.15) is 0 Å². The van der Waals surface area contributed by atoms with Crippen molar-refractivity contribution in [2.45, 2.75) is 12.8 Å². The summed E-state index contributed by atoms with van der Waals surface area (Å²) >= 11 is 3.77. The fourth-order valence-electron chi connectivity index (χ4n) is 1.49. The van der Waals surface area contributed by atoms with E-state index in [0.29, 0.717) is 0 Å². The Morgan fingerprint density at radius 2 is 2.31 bits per heavy atom. The van der Waals surface area contributed by atoms with E-state index < -0.39 is 0 Å². The smallest absolute Gasteiger partial charge is 0.182 e. The van der Waals surface area contributed by atoms with Crippen LogP contribution in [0.2, 0.25) is 0 Å². The molecule has 2 heterocycles. The van der Waals surface area contributed by atoms with E-state index in [2.05, 4.69) is 22.1 Å². The zero-order valence-electron chi connectivity index (χ0n) is 7.53. The van der Waals surface area contributed by atoms with E-state index in [4.69, 9.17) is 0 Å². The number of nitrogens with zero attached hydrogens (tertiary/aromatic N) is 1. The number of nitrogens with one attached hydrogen (secondary N) is 1. The van der Waals surface area contributed by atoms with Crippen LogP contribution in [0.25, 0.3) is 0 Å². The lowest BCUT2D eigenvalue weighted by Crippen LogP contribution is -2.18. The van der Waals surface area contributed by atoms with E-state index in [1.54, 1.807) is 11.3 Å². The van der Waals surface area contributed by atoms with Crippen LogP contribution in [0.5, 0.6) is 0 Å². The Balaban J connectivity index is 1.72. The quantitative estimate of drug-likeness (QED) is 0.837. The number of hydrogen-bond acceptors (Lipinski definition) is 4. The molecule has 1 N–H and O–H groups in total. The average Bonchev–Trinajstić information content (AvgIpc) is 2.69. The number of aromatic nitrogens is 1. The summed E-state index contributed by atoms with van der Waals surface area (Å²) in [5.74, 6) is 3.54. The Kier molecular flexibility index (Phi) is 3.49. The van der Waals surface area contributed by atoms with Gasteiger partial charge in [0.25, 0.3) is 0 Å². The predicted molar refractivity (Wildman–Crippen MR) is 60.7 cm³/mol. The minimum Gasteiger partial charge on any atom is -0.361 e. The van der Waals surface area contributed by atoms with Gasteiger partial charge >= 0.3 is 0 Å². The lowest BCUT2D eigenvalue weighted by Gasteiger charge is -2.21. The molecule has 1 aromatic heterocycles. The molecule has 13 heavy (non-hydrogen) atoms. The van der Waals surface area contributed by atoms with Gasteiger partial charge in [-0.1, -0.05) is 0 Å². The van der Waals surface area contributed by atoms with Crippen molar-refractivity contribution in [3.05, 3.63) is 11.6 Å². The molecule has 0 aromatic carbocycles. The zero-order chi connectivity index (χ0) is 8.93. The van der Waals surface area contributed by atoms with Gasteiger partial charge in [-0.3, -0.25) is 0 Å². The van der Waals surface area contributed by atoms with Crippen molar-refractivity contribution < 1.29 is 0 Å². The third kappa shape index (κ3) is 2.88. The van der Waals surface area contributed by atoms with Crippen molar-refractivity contribution in [2.24, 2.45) is 5.92 Å². The van der Waals surface area contributed by atoms with E-state index in [1.165, 1.54) is 24.3 Å². The lowest BCUT2D eigenvalue weighted by atomic mass is 10.0. The van der Waals surface area contributed by atoms with Crippen LogP contribution >= 0.6 is 23.1 Å². The number of hydrogen-bond donors (Lipinski definition) is 1. The highest BCUT2D eigenvalue weighted by atomic mass is 32.2. The van der Waals surface area contributed by atoms with Crippen molar-refractivity contribution in [2.75, 3.05) is 23.4 Å². The Hall–Kier alpha value is -0.220. The molecule has 0 atom stereocenters. The normalized spacial score (nSPS) is 18.8. The molecule has 1 aliphatic rings. The number of anilines is 1. The minimum absolute atomic E-state index is 0.866. The Morgan fingerprint density at radius 3 is 3.00 bits per heavy atom. The van der Waals surface area contributed by atoms with E-state index in [0.717, 1.165) is 17.6 Å². The SMILES string of the molecule is c1csc(NCC2CCSCC2)n1. The fourth-order valence-corrected chi connectivity index (χ4v) is 3.24. The van der Waals surface area contributed by atoms with Crippen molar-refractivity contribution in [1.82, 2.24) is 4.98 Å². The van der Waals surface area contributed by atoms with Crippen LogP contribution in [0.4, 0.5) is 5.13 Å². The third-order valence-corrected chi connectivity index (χ3v) is 4.09. The second-order valence-electron chi connectivity index (χ2n) is 3.27. The van der Waals surface area contributed by atoms with Crippen molar-refractivity contribution >= 4 is 28.2 Å². The van der Waals surface area contributed by atoms with Gasteiger partial charge in [0.05, 0.1) is 0 Å². The van der Waals surface area contributed by atoms with Crippen LogP contribution in [0.15, 0.2) is 11.6 Å². The average molecular weight is 214 g/mol. The number of thioether (sulfide) groups is 1. The summed E-state index contributed by atoms with van der Waals surface area (Å²) in [5.41, 5.74) is 0. The molecule has 1 saturated heterocycles. The van der Waals surface area contributed by atoms with Crippen molar-refractivity contribution in [3.63, 3.8) is 0 Å². The highest BCUT2D eigenvalue weighted by Crippen LogP contribution is 2.23. The van der Waals surface area contributed by atoms with Crippen LogP contribution in [-0.4, -0.2) is 23.0 Å². The van der Waals surface area contributed by atoms with Gasteiger partial charge in [0, 0.05) is 18.1 Å². The first-order valence-electron chi connectivity index (χ1n) is 4.66. The summed E-state index contributed by atoms with van der Waals surface area (Å²) in [4.78, 5) is 4.20. The maximum absolute atomic E-state index is 4.20. The molecule has 0 bridgehead atoms. The Bertz CT molecular complexity index is 230. The molecule has 2 rings (SSSR count). The summed E-state index contributed by atoms with van der Waals surface area (Å²) < 4.78 is 0. The molecule has 0 unspecified atom stereocenters. The molecule has 72 valence electrons. The molecular formula is C9H14N2S2. The fraction of sp³-hybridized carbons (Fsp3) is 0.667. The van der Waals surface area contributed by atoms with E-state index in [1.807, 2.05) is 11.6 Å². The van der Waals surface area contributed by atoms with E-state index >= 15 is 0 Å². The molecule has 1 aromatic rings. The highest BCUT2D eigenvalue weighted by molar-refractivity contribution is 7.99. The summed E-state index contributed by atoms with van der Waals surface area (Å²) in [5, 5.41) is 6.47. The standard InChI is InChI=1S/C9H14N2S2/c1-4-12-5-2-8(1)7-11-9-10-3-6-13-9/h3,6,8H,1-2,4-5,7H2,(H,10,11). The van der Waals surface area contributed by atoms with Crippen LogP contribution in [0, 0.1) is 5.92 Å². The topological polar surface area (TPSA) is 24.9 Å². The highest BCUT2D eigenvalue weighted by Gasteiger charge is 2.13. The van der Waals surface area contributed by atoms with E-state index in [-0.39, 0.29) is 0 Å². The zero-order valence-corrected chi connectivity index (χ0v) is 9.16. The molecule has 2 nitrogen and oxygen atoms in total. The summed E-state index contributed by atoms with van der Waals surface area (Å²) in [7, 11) is 0. The number of thiazole rings is 1. The van der Waals surface area contributed by atoms with E-state index in [9.17, 15) is 0 Å². The van der Waals surface area contributed by atoms with Gasteiger partial charge in [-0.2, -0.15) is 11.8 Å². The predicted octanol–water partition coefficient (Wildman–Crippen LogP) is 2.70.